The Hall–Kier alpha value is -0.630. The highest BCUT2D eigenvalue weighted by molar-refractivity contribution is 7.85. The number of nitrogens with zero attached hydrogens (tertiary/aromatic N) is 2. The summed E-state index contributed by atoms with van der Waals surface area (Å²) < 4.78 is 22.9. The van der Waals surface area contributed by atoms with E-state index in [9.17, 15) is 18.6 Å². The Bertz CT molecular complexity index is 611. The van der Waals surface area contributed by atoms with Crippen LogP contribution in [0, 0.1) is 0 Å². The first kappa shape index (κ1) is 15.3. The van der Waals surface area contributed by atoms with E-state index in [0.29, 0.717) is 24.6 Å². The molecule has 0 aromatic carbocycles. The standard InChI is InChI=1S/C12H18N3O4PS/c16-20(17,18)11-2-1-9-7-13-8-10(12(9)14-11)15-3-5-21(19)6-4-15/h1-2,10,13H,3-8H2,(H2,16,17,18). The molecule has 0 saturated carbocycles. The van der Waals surface area contributed by atoms with Crippen LogP contribution in [0.15, 0.2) is 12.1 Å². The maximum atomic E-state index is 11.5. The third kappa shape index (κ3) is 3.26. The molecule has 1 aromatic rings. The van der Waals surface area contributed by atoms with Crippen molar-refractivity contribution < 1.29 is 18.6 Å². The van der Waals surface area contributed by atoms with Gasteiger partial charge in [-0.2, -0.15) is 0 Å². The predicted molar refractivity (Wildman–Crippen MR) is 79.8 cm³/mol. The van der Waals surface area contributed by atoms with Crippen molar-refractivity contribution in [1.82, 2.24) is 15.2 Å². The summed E-state index contributed by atoms with van der Waals surface area (Å²) in [5, 5.41) is 3.31. The maximum absolute atomic E-state index is 11.5. The molecule has 7 nitrogen and oxygen atoms in total. The molecule has 116 valence electrons. The highest BCUT2D eigenvalue weighted by Gasteiger charge is 2.31. The van der Waals surface area contributed by atoms with Gasteiger partial charge in [-0.05, 0) is 11.6 Å². The molecule has 1 atom stereocenters. The Labute approximate surface area is 125 Å². The van der Waals surface area contributed by atoms with Crippen LogP contribution in [0.4, 0.5) is 0 Å². The van der Waals surface area contributed by atoms with Crippen LogP contribution in [0.1, 0.15) is 17.3 Å². The van der Waals surface area contributed by atoms with Crippen LogP contribution in [0.25, 0.3) is 0 Å². The Morgan fingerprint density at radius 3 is 2.71 bits per heavy atom. The zero-order valence-corrected chi connectivity index (χ0v) is 13.1. The molecule has 3 rings (SSSR count). The van der Waals surface area contributed by atoms with Crippen molar-refractivity contribution in [1.29, 1.82) is 0 Å². The minimum atomic E-state index is -4.34. The van der Waals surface area contributed by atoms with Gasteiger partial charge in [0.1, 0.15) is 0 Å². The average molecular weight is 331 g/mol. The van der Waals surface area contributed by atoms with Crippen molar-refractivity contribution in [2.75, 3.05) is 31.1 Å². The number of hydrogen-bond donors (Lipinski definition) is 3. The van der Waals surface area contributed by atoms with E-state index in [2.05, 4.69) is 15.2 Å². The molecule has 2 aliphatic heterocycles. The van der Waals surface area contributed by atoms with Crippen LogP contribution in [0.5, 0.6) is 0 Å². The van der Waals surface area contributed by atoms with Crippen LogP contribution in [-0.4, -0.2) is 55.0 Å². The Morgan fingerprint density at radius 1 is 1.33 bits per heavy atom. The summed E-state index contributed by atoms with van der Waals surface area (Å²) in [7, 11) is -5.09. The van der Waals surface area contributed by atoms with Crippen LogP contribution >= 0.6 is 7.60 Å². The zero-order chi connectivity index (χ0) is 15.0. The molecule has 1 saturated heterocycles. The molecule has 1 fully saturated rings. The lowest BCUT2D eigenvalue weighted by Crippen LogP contribution is -2.46. The number of hydrogen-bond acceptors (Lipinski definition) is 5. The minimum absolute atomic E-state index is 0.0162. The van der Waals surface area contributed by atoms with E-state index in [4.69, 9.17) is 0 Å². The van der Waals surface area contributed by atoms with Crippen molar-refractivity contribution >= 4 is 23.8 Å². The SMILES string of the molecule is O=S1CCN(C2CNCc3ccc(P(=O)(O)O)nc32)CC1. The second kappa shape index (κ2) is 5.87. The molecule has 9 heteroatoms. The fraction of sp³-hybridized carbons (Fsp3) is 0.583. The molecule has 1 unspecified atom stereocenters. The van der Waals surface area contributed by atoms with Gasteiger partial charge < -0.3 is 15.1 Å². The molecule has 21 heavy (non-hydrogen) atoms. The van der Waals surface area contributed by atoms with Crippen molar-refractivity contribution in [2.24, 2.45) is 0 Å². The van der Waals surface area contributed by atoms with E-state index in [-0.39, 0.29) is 11.5 Å². The molecule has 0 amide bonds. The van der Waals surface area contributed by atoms with E-state index in [1.165, 1.54) is 6.07 Å². The lowest BCUT2D eigenvalue weighted by atomic mass is 10.0. The first-order chi connectivity index (χ1) is 9.95. The van der Waals surface area contributed by atoms with Crippen molar-refractivity contribution in [3.05, 3.63) is 23.4 Å². The van der Waals surface area contributed by atoms with Crippen molar-refractivity contribution in [3.8, 4) is 0 Å². The summed E-state index contributed by atoms with van der Waals surface area (Å²) in [6.45, 7) is 2.79. The normalized spacial score (nSPS) is 24.8. The Balaban J connectivity index is 1.92. The van der Waals surface area contributed by atoms with Gasteiger partial charge >= 0.3 is 7.60 Å². The highest BCUT2D eigenvalue weighted by Crippen LogP contribution is 2.34. The first-order valence-corrected chi connectivity index (χ1v) is 9.91. The number of pyridine rings is 1. The molecule has 2 aliphatic rings. The van der Waals surface area contributed by atoms with E-state index in [1.807, 2.05) is 0 Å². The summed E-state index contributed by atoms with van der Waals surface area (Å²) in [5.74, 6) is 1.29. The number of nitrogens with one attached hydrogen (secondary N) is 1. The second-order valence-corrected chi connectivity index (χ2v) is 8.53. The average Bonchev–Trinajstić information content (AvgIpc) is 2.46. The van der Waals surface area contributed by atoms with Gasteiger partial charge in [-0.25, -0.2) is 4.98 Å². The van der Waals surface area contributed by atoms with Crippen molar-refractivity contribution in [2.45, 2.75) is 12.6 Å². The molecule has 0 bridgehead atoms. The van der Waals surface area contributed by atoms with Crippen molar-refractivity contribution in [3.63, 3.8) is 0 Å². The summed E-state index contributed by atoms with van der Waals surface area (Å²) >= 11 is 0. The summed E-state index contributed by atoms with van der Waals surface area (Å²) in [4.78, 5) is 25.0. The molecular weight excluding hydrogens is 313 g/mol. The molecule has 0 aliphatic carbocycles. The van der Waals surface area contributed by atoms with E-state index in [1.54, 1.807) is 6.07 Å². The first-order valence-electron chi connectivity index (χ1n) is 6.81. The highest BCUT2D eigenvalue weighted by atomic mass is 32.2. The van der Waals surface area contributed by atoms with Crippen LogP contribution in [-0.2, 0) is 21.9 Å². The third-order valence-corrected chi connectivity index (χ3v) is 6.04. The third-order valence-electron chi connectivity index (χ3n) is 3.92. The fourth-order valence-corrected chi connectivity index (χ4v) is 4.39. The van der Waals surface area contributed by atoms with Gasteiger partial charge in [0.15, 0.2) is 5.44 Å². The van der Waals surface area contributed by atoms with Gasteiger partial charge in [0.25, 0.3) is 0 Å². The Kier molecular flexibility index (Phi) is 4.27. The van der Waals surface area contributed by atoms with Crippen LogP contribution < -0.4 is 10.8 Å². The molecule has 1 aromatic heterocycles. The van der Waals surface area contributed by atoms with Gasteiger partial charge in [-0.15, -0.1) is 0 Å². The van der Waals surface area contributed by atoms with Gasteiger partial charge in [0.05, 0.1) is 11.7 Å². The zero-order valence-electron chi connectivity index (χ0n) is 11.4. The topological polar surface area (TPSA) is 103 Å². The summed E-state index contributed by atoms with van der Waals surface area (Å²) in [6.07, 6.45) is 0. The quantitative estimate of drug-likeness (QED) is 0.603. The molecule has 3 N–H and O–H groups in total. The number of fused-ring (bicyclic) bond motifs is 1. The van der Waals surface area contributed by atoms with E-state index in [0.717, 1.165) is 24.3 Å². The molecule has 0 radical (unpaired) electrons. The Morgan fingerprint density at radius 2 is 2.05 bits per heavy atom. The summed E-state index contributed by atoms with van der Waals surface area (Å²) in [5.41, 5.74) is 1.53. The smallest absolute Gasteiger partial charge is 0.320 e. The lowest BCUT2D eigenvalue weighted by Gasteiger charge is -2.37. The van der Waals surface area contributed by atoms with Gasteiger partial charge in [0.2, 0.25) is 0 Å². The van der Waals surface area contributed by atoms with Crippen LogP contribution in [0.3, 0.4) is 0 Å². The maximum Gasteiger partial charge on any atom is 0.374 e. The summed E-state index contributed by atoms with van der Waals surface area (Å²) in [6, 6.07) is 3.12. The molecule has 0 spiro atoms. The molecule has 3 heterocycles. The van der Waals surface area contributed by atoms with Gasteiger partial charge in [-0.1, -0.05) is 6.07 Å². The fourth-order valence-electron chi connectivity index (χ4n) is 2.80. The van der Waals surface area contributed by atoms with E-state index < -0.39 is 18.4 Å². The van der Waals surface area contributed by atoms with Crippen LogP contribution in [0.2, 0.25) is 0 Å². The predicted octanol–water partition coefficient (Wildman–Crippen LogP) is -0.907. The lowest BCUT2D eigenvalue weighted by molar-refractivity contribution is 0.198. The number of aromatic nitrogens is 1. The molecular formula is C12H18N3O4PS. The van der Waals surface area contributed by atoms with Gasteiger partial charge in [0, 0.05) is 48.5 Å². The minimum Gasteiger partial charge on any atom is -0.320 e. The number of rotatable bonds is 2. The second-order valence-electron chi connectivity index (χ2n) is 5.29. The van der Waals surface area contributed by atoms with Gasteiger partial charge in [-0.3, -0.25) is 13.7 Å². The van der Waals surface area contributed by atoms with E-state index >= 15 is 0 Å². The monoisotopic (exact) mass is 331 g/mol. The largest absolute Gasteiger partial charge is 0.374 e.